The van der Waals surface area contributed by atoms with E-state index in [1.54, 1.807) is 0 Å². The number of nitrogens with one attached hydrogen (secondary N) is 1. The van der Waals surface area contributed by atoms with Gasteiger partial charge in [-0.3, -0.25) is 9.59 Å². The largest absolute Gasteiger partial charge is 0.481 e. The number of nitroso groups, excluding NO2 is 1. The second kappa shape index (κ2) is 6.66. The van der Waals surface area contributed by atoms with Crippen molar-refractivity contribution in [2.75, 3.05) is 6.54 Å². The molecule has 0 bridgehead atoms. The number of carboxylic acid groups (broad SMARTS) is 2. The Hall–Kier alpha value is -2.19. The molecular weight excluding hydrogens is 258 g/mol. The molecule has 9 nitrogen and oxygen atoms in total. The molecule has 1 aliphatic rings. The summed E-state index contributed by atoms with van der Waals surface area (Å²) >= 11 is 0. The number of carboxylic acids is 2. The van der Waals surface area contributed by atoms with E-state index in [0.717, 1.165) is 5.01 Å². The fraction of sp³-hybridized carbons (Fsp3) is 0.700. The van der Waals surface area contributed by atoms with Crippen LogP contribution in [0, 0.1) is 4.91 Å². The van der Waals surface area contributed by atoms with Crippen molar-refractivity contribution in [2.24, 2.45) is 5.29 Å². The first-order valence-corrected chi connectivity index (χ1v) is 5.80. The van der Waals surface area contributed by atoms with Crippen LogP contribution in [0.5, 0.6) is 0 Å². The fourth-order valence-corrected chi connectivity index (χ4v) is 1.91. The molecule has 0 spiro atoms. The Morgan fingerprint density at radius 1 is 1.37 bits per heavy atom. The van der Waals surface area contributed by atoms with Crippen LogP contribution in [0.1, 0.15) is 25.7 Å². The van der Waals surface area contributed by atoms with Crippen LogP contribution in [0.2, 0.25) is 0 Å². The van der Waals surface area contributed by atoms with E-state index in [1.807, 2.05) is 0 Å². The zero-order valence-electron chi connectivity index (χ0n) is 10.1. The molecule has 0 aromatic rings. The zero-order chi connectivity index (χ0) is 14.4. The standard InChI is InChI=1S/C10H15N3O6/c14-8(15)4-3-6(10(17)18)11-9(16)7-2-1-5-13(7)12-19/h6-7H,1-5H2,(H,11,16)(H,14,15)(H,17,18). The fourth-order valence-electron chi connectivity index (χ4n) is 1.91. The van der Waals surface area contributed by atoms with Gasteiger partial charge in [-0.2, -0.15) is 0 Å². The van der Waals surface area contributed by atoms with E-state index in [-0.39, 0.29) is 12.8 Å². The first-order valence-electron chi connectivity index (χ1n) is 5.80. The third kappa shape index (κ3) is 4.19. The quantitative estimate of drug-likeness (QED) is 0.535. The van der Waals surface area contributed by atoms with Crippen LogP contribution in [0.15, 0.2) is 5.29 Å². The summed E-state index contributed by atoms with van der Waals surface area (Å²) in [6, 6.07) is -2.05. The smallest absolute Gasteiger partial charge is 0.326 e. The molecule has 19 heavy (non-hydrogen) atoms. The molecule has 1 heterocycles. The van der Waals surface area contributed by atoms with Crippen LogP contribution in [0.3, 0.4) is 0 Å². The number of aliphatic carboxylic acids is 2. The lowest BCUT2D eigenvalue weighted by Crippen LogP contribution is -2.48. The number of nitrogens with zero attached hydrogens (tertiary/aromatic N) is 2. The summed E-state index contributed by atoms with van der Waals surface area (Å²) in [7, 11) is 0. The second-order valence-electron chi connectivity index (χ2n) is 4.23. The molecule has 1 rings (SSSR count). The van der Waals surface area contributed by atoms with E-state index in [0.29, 0.717) is 19.4 Å². The molecule has 2 atom stereocenters. The molecule has 0 aromatic heterocycles. The molecule has 0 aromatic carbocycles. The van der Waals surface area contributed by atoms with Crippen molar-refractivity contribution in [3.63, 3.8) is 0 Å². The lowest BCUT2D eigenvalue weighted by atomic mass is 10.1. The highest BCUT2D eigenvalue weighted by Gasteiger charge is 2.33. The van der Waals surface area contributed by atoms with E-state index < -0.39 is 29.9 Å². The number of carbonyl (C=O) groups is 3. The molecular formula is C10H15N3O6. The van der Waals surface area contributed by atoms with Crippen LogP contribution < -0.4 is 5.32 Å². The van der Waals surface area contributed by atoms with Crippen molar-refractivity contribution >= 4 is 17.8 Å². The first-order chi connectivity index (χ1) is 8.95. The maximum atomic E-state index is 11.8. The predicted molar refractivity (Wildman–Crippen MR) is 62.0 cm³/mol. The Bertz CT molecular complexity index is 385. The van der Waals surface area contributed by atoms with Gasteiger partial charge in [0.1, 0.15) is 12.1 Å². The lowest BCUT2D eigenvalue weighted by molar-refractivity contribution is -0.143. The highest BCUT2D eigenvalue weighted by Crippen LogP contribution is 2.17. The average Bonchev–Trinajstić information content (AvgIpc) is 2.81. The second-order valence-corrected chi connectivity index (χ2v) is 4.23. The van der Waals surface area contributed by atoms with Gasteiger partial charge in [0.05, 0.1) is 5.29 Å². The maximum Gasteiger partial charge on any atom is 0.326 e. The number of hydrogen-bond donors (Lipinski definition) is 3. The van der Waals surface area contributed by atoms with Gasteiger partial charge < -0.3 is 15.5 Å². The topological polar surface area (TPSA) is 136 Å². The Morgan fingerprint density at radius 2 is 2.05 bits per heavy atom. The van der Waals surface area contributed by atoms with E-state index in [1.165, 1.54) is 0 Å². The minimum atomic E-state index is -1.31. The van der Waals surface area contributed by atoms with Gasteiger partial charge in [0.25, 0.3) is 0 Å². The number of rotatable bonds is 7. The van der Waals surface area contributed by atoms with Crippen molar-refractivity contribution in [1.29, 1.82) is 0 Å². The normalized spacial score (nSPS) is 19.8. The minimum Gasteiger partial charge on any atom is -0.481 e. The summed E-state index contributed by atoms with van der Waals surface area (Å²) in [5, 5.41) is 23.4. The number of hydrogen-bond acceptors (Lipinski definition) is 5. The average molecular weight is 273 g/mol. The van der Waals surface area contributed by atoms with E-state index in [4.69, 9.17) is 10.2 Å². The number of amides is 1. The third-order valence-electron chi connectivity index (χ3n) is 2.89. The summed E-state index contributed by atoms with van der Waals surface area (Å²) < 4.78 is 0. The van der Waals surface area contributed by atoms with Gasteiger partial charge in [-0.1, -0.05) is 0 Å². The van der Waals surface area contributed by atoms with E-state index >= 15 is 0 Å². The third-order valence-corrected chi connectivity index (χ3v) is 2.89. The van der Waals surface area contributed by atoms with Crippen molar-refractivity contribution in [3.8, 4) is 0 Å². The van der Waals surface area contributed by atoms with Gasteiger partial charge in [-0.25, -0.2) is 9.80 Å². The molecule has 0 radical (unpaired) electrons. The van der Waals surface area contributed by atoms with Gasteiger partial charge in [0.15, 0.2) is 0 Å². The van der Waals surface area contributed by atoms with Gasteiger partial charge in [-0.05, 0) is 19.3 Å². The van der Waals surface area contributed by atoms with Crippen molar-refractivity contribution in [3.05, 3.63) is 4.91 Å². The molecule has 9 heteroatoms. The Labute approximate surface area is 108 Å². The van der Waals surface area contributed by atoms with Crippen LogP contribution in [0.4, 0.5) is 0 Å². The summed E-state index contributed by atoms with van der Waals surface area (Å²) in [5.41, 5.74) is 0. The summed E-state index contributed by atoms with van der Waals surface area (Å²) in [4.78, 5) is 43.6. The van der Waals surface area contributed by atoms with Crippen LogP contribution >= 0.6 is 0 Å². The molecule has 0 aliphatic carbocycles. The van der Waals surface area contributed by atoms with E-state index in [2.05, 4.69) is 10.6 Å². The molecule has 1 saturated heterocycles. The van der Waals surface area contributed by atoms with Crippen LogP contribution in [0.25, 0.3) is 0 Å². The van der Waals surface area contributed by atoms with Crippen LogP contribution in [-0.2, 0) is 14.4 Å². The molecule has 1 amide bonds. The number of carbonyl (C=O) groups excluding carboxylic acids is 1. The summed E-state index contributed by atoms with van der Waals surface area (Å²) in [6.07, 6.45) is 0.467. The molecule has 2 unspecified atom stereocenters. The van der Waals surface area contributed by atoms with Crippen molar-refractivity contribution in [1.82, 2.24) is 10.3 Å². The van der Waals surface area contributed by atoms with E-state index in [9.17, 15) is 19.3 Å². The first kappa shape index (κ1) is 14.9. The van der Waals surface area contributed by atoms with Crippen LogP contribution in [-0.4, -0.2) is 51.7 Å². The van der Waals surface area contributed by atoms with Gasteiger partial charge >= 0.3 is 11.9 Å². The molecule has 0 saturated carbocycles. The monoisotopic (exact) mass is 273 g/mol. The molecule has 3 N–H and O–H groups in total. The molecule has 106 valence electrons. The Balaban J connectivity index is 2.58. The summed E-state index contributed by atoms with van der Waals surface area (Å²) in [5.74, 6) is -3.06. The Morgan fingerprint density at radius 3 is 2.58 bits per heavy atom. The Kier molecular flexibility index (Phi) is 5.22. The maximum absolute atomic E-state index is 11.8. The highest BCUT2D eigenvalue weighted by atomic mass is 16.4. The SMILES string of the molecule is O=NN1CCCC1C(=O)NC(CCC(=O)O)C(=O)O. The predicted octanol–water partition coefficient (Wildman–Crippen LogP) is -0.434. The van der Waals surface area contributed by atoms with Crippen molar-refractivity contribution < 1.29 is 24.6 Å². The lowest BCUT2D eigenvalue weighted by Gasteiger charge is -2.20. The van der Waals surface area contributed by atoms with Gasteiger partial charge in [-0.15, -0.1) is 4.91 Å². The molecule has 1 fully saturated rings. The summed E-state index contributed by atoms with van der Waals surface area (Å²) in [6.45, 7) is 0.356. The van der Waals surface area contributed by atoms with Gasteiger partial charge in [0.2, 0.25) is 5.91 Å². The van der Waals surface area contributed by atoms with Gasteiger partial charge in [0, 0.05) is 13.0 Å². The highest BCUT2D eigenvalue weighted by molar-refractivity contribution is 5.87. The van der Waals surface area contributed by atoms with Crippen molar-refractivity contribution in [2.45, 2.75) is 37.8 Å². The zero-order valence-corrected chi connectivity index (χ0v) is 10.1. The molecule has 1 aliphatic heterocycles. The minimum absolute atomic E-state index is 0.211.